The molecule has 4 nitrogen and oxygen atoms in total. The fourth-order valence-electron chi connectivity index (χ4n) is 0.838. The maximum absolute atomic E-state index is 10.8. The van der Waals surface area contributed by atoms with Crippen molar-refractivity contribution in [2.45, 2.75) is 17.7 Å². The van der Waals surface area contributed by atoms with E-state index in [1.165, 1.54) is 11.3 Å². The van der Waals surface area contributed by atoms with E-state index >= 15 is 0 Å². The smallest absolute Gasteiger partial charge is 0.248 e. The highest BCUT2D eigenvalue weighted by Gasteiger charge is 2.10. The molecule has 0 spiro atoms. The number of nitrogens with one attached hydrogen (secondary N) is 1. The van der Waals surface area contributed by atoms with Crippen LogP contribution >= 0.6 is 23.1 Å². The van der Waals surface area contributed by atoms with Gasteiger partial charge in [-0.1, -0.05) is 11.8 Å². The average Bonchev–Trinajstić information content (AvgIpc) is 2.47. The van der Waals surface area contributed by atoms with Gasteiger partial charge in [0.15, 0.2) is 0 Å². The highest BCUT2D eigenvalue weighted by Crippen LogP contribution is 2.25. The van der Waals surface area contributed by atoms with Crippen LogP contribution in [0.4, 0.5) is 0 Å². The quantitative estimate of drug-likeness (QED) is 0.455. The molecule has 0 bridgehead atoms. The average molecular weight is 218 g/mol. The minimum atomic E-state index is -0.403. The highest BCUT2D eigenvalue weighted by molar-refractivity contribution is 8.00. The lowest BCUT2D eigenvalue weighted by Gasteiger charge is -1.95. The maximum Gasteiger partial charge on any atom is 0.248 e. The maximum atomic E-state index is 10.8. The van der Waals surface area contributed by atoms with Crippen molar-refractivity contribution in [2.24, 2.45) is 0 Å². The van der Waals surface area contributed by atoms with Crippen molar-refractivity contribution in [3.63, 3.8) is 0 Å². The van der Waals surface area contributed by atoms with Crippen LogP contribution in [0.15, 0.2) is 4.34 Å². The Morgan fingerprint density at radius 1 is 1.77 bits per heavy atom. The van der Waals surface area contributed by atoms with Crippen molar-refractivity contribution in [3.8, 4) is 0 Å². The first-order chi connectivity index (χ1) is 6.17. The van der Waals surface area contributed by atoms with Gasteiger partial charge in [-0.05, 0) is 13.2 Å². The summed E-state index contributed by atoms with van der Waals surface area (Å²) in [5.74, 6) is -0.403. The van der Waals surface area contributed by atoms with Gasteiger partial charge >= 0.3 is 0 Å². The molecule has 0 saturated heterocycles. The minimum Gasteiger partial charge on any atom is -0.289 e. The number of carbonyl (C=O) groups excluding carboxylic acids is 1. The molecule has 0 saturated carbocycles. The van der Waals surface area contributed by atoms with Crippen LogP contribution < -0.4 is 5.48 Å². The van der Waals surface area contributed by atoms with Gasteiger partial charge in [0.05, 0.1) is 12.1 Å². The van der Waals surface area contributed by atoms with E-state index in [-0.39, 0.29) is 6.42 Å². The lowest BCUT2D eigenvalue weighted by atomic mass is 10.3. The summed E-state index contributed by atoms with van der Waals surface area (Å²) in [6.45, 7) is 1.86. The molecule has 0 unspecified atom stereocenters. The van der Waals surface area contributed by atoms with Gasteiger partial charge in [0.25, 0.3) is 0 Å². The van der Waals surface area contributed by atoms with E-state index in [1.807, 2.05) is 13.2 Å². The minimum absolute atomic E-state index is 0.195. The number of thioether (sulfide) groups is 1. The summed E-state index contributed by atoms with van der Waals surface area (Å²) < 4.78 is 0.943. The summed E-state index contributed by atoms with van der Waals surface area (Å²) in [6.07, 6.45) is 2.13. The van der Waals surface area contributed by atoms with Gasteiger partial charge in [-0.25, -0.2) is 10.5 Å². The third-order valence-electron chi connectivity index (χ3n) is 1.49. The van der Waals surface area contributed by atoms with Crippen molar-refractivity contribution in [3.05, 3.63) is 10.6 Å². The third-order valence-corrected chi connectivity index (χ3v) is 3.64. The number of aryl methyl sites for hydroxylation is 1. The predicted octanol–water partition coefficient (Wildman–Crippen LogP) is 1.22. The van der Waals surface area contributed by atoms with Crippen LogP contribution in [0.2, 0.25) is 0 Å². The van der Waals surface area contributed by atoms with E-state index < -0.39 is 5.91 Å². The van der Waals surface area contributed by atoms with Crippen LogP contribution in [0.3, 0.4) is 0 Å². The molecule has 72 valence electrons. The van der Waals surface area contributed by atoms with E-state index in [4.69, 9.17) is 5.21 Å². The summed E-state index contributed by atoms with van der Waals surface area (Å²) >= 11 is 3.03. The molecule has 1 amide bonds. The molecular weight excluding hydrogens is 208 g/mol. The topological polar surface area (TPSA) is 62.2 Å². The Hall–Kier alpha value is -0.590. The van der Waals surface area contributed by atoms with Gasteiger partial charge in [-0.3, -0.25) is 10.0 Å². The van der Waals surface area contributed by atoms with Gasteiger partial charge in [-0.2, -0.15) is 0 Å². The van der Waals surface area contributed by atoms with E-state index in [0.29, 0.717) is 0 Å². The van der Waals surface area contributed by atoms with Gasteiger partial charge in [-0.15, -0.1) is 11.3 Å². The molecule has 0 aromatic carbocycles. The van der Waals surface area contributed by atoms with E-state index in [2.05, 4.69) is 4.98 Å². The molecule has 0 atom stereocenters. The Bertz CT molecular complexity index is 311. The first-order valence-electron chi connectivity index (χ1n) is 3.60. The molecule has 1 heterocycles. The molecule has 2 N–H and O–H groups in total. The Kier molecular flexibility index (Phi) is 3.71. The molecule has 0 aliphatic heterocycles. The number of thiazole rings is 1. The second kappa shape index (κ2) is 4.59. The van der Waals surface area contributed by atoms with Crippen molar-refractivity contribution < 1.29 is 10.0 Å². The number of amides is 1. The second-order valence-corrected chi connectivity index (χ2v) is 4.54. The number of nitrogens with zero attached hydrogens (tertiary/aromatic N) is 1. The number of rotatable bonds is 3. The normalized spacial score (nSPS) is 10.1. The molecule has 0 radical (unpaired) electrons. The van der Waals surface area contributed by atoms with Gasteiger partial charge in [0, 0.05) is 4.88 Å². The second-order valence-electron chi connectivity index (χ2n) is 2.40. The molecule has 0 aliphatic carbocycles. The molecule has 0 aliphatic rings. The summed E-state index contributed by atoms with van der Waals surface area (Å²) in [6, 6.07) is 0. The lowest BCUT2D eigenvalue weighted by molar-refractivity contribution is -0.128. The van der Waals surface area contributed by atoms with Crippen molar-refractivity contribution >= 4 is 29.0 Å². The van der Waals surface area contributed by atoms with Crippen molar-refractivity contribution in [1.29, 1.82) is 0 Å². The zero-order valence-electron chi connectivity index (χ0n) is 7.33. The Labute approximate surface area is 84.3 Å². The Morgan fingerprint density at radius 3 is 2.92 bits per heavy atom. The molecule has 1 aromatic heterocycles. The lowest BCUT2D eigenvalue weighted by Crippen LogP contribution is -2.20. The molecule has 6 heteroatoms. The number of hydrogen-bond donors (Lipinski definition) is 2. The fourth-order valence-corrected chi connectivity index (χ4v) is 2.49. The van der Waals surface area contributed by atoms with Crippen LogP contribution in [-0.4, -0.2) is 22.4 Å². The highest BCUT2D eigenvalue weighted by atomic mass is 32.2. The van der Waals surface area contributed by atoms with E-state index in [9.17, 15) is 4.79 Å². The Morgan fingerprint density at radius 2 is 2.46 bits per heavy atom. The number of carbonyl (C=O) groups is 1. The molecule has 0 fully saturated rings. The molecule has 1 rings (SSSR count). The number of hydroxylamine groups is 1. The summed E-state index contributed by atoms with van der Waals surface area (Å²) in [5.41, 5.74) is 2.46. The predicted molar refractivity (Wildman–Crippen MR) is 52.3 cm³/mol. The van der Waals surface area contributed by atoms with Gasteiger partial charge in [0.2, 0.25) is 5.91 Å². The SMILES string of the molecule is CSc1nc(C)c(CC(=O)NO)s1. The standard InChI is InChI=1S/C7H10N2O2S2/c1-4-5(3-6(10)9-11)13-7(8-4)12-2/h11H,3H2,1-2H3,(H,9,10). The van der Waals surface area contributed by atoms with Gasteiger partial charge in [0.1, 0.15) is 4.34 Å². The molecular formula is C7H10N2O2S2. The molecule has 13 heavy (non-hydrogen) atoms. The molecule has 1 aromatic rings. The third kappa shape index (κ3) is 2.68. The van der Waals surface area contributed by atoms with E-state index in [1.54, 1.807) is 17.2 Å². The van der Waals surface area contributed by atoms with Crippen LogP contribution in [0, 0.1) is 6.92 Å². The summed E-state index contributed by atoms with van der Waals surface area (Å²) in [5, 5.41) is 8.33. The first kappa shape index (κ1) is 10.5. The number of aromatic nitrogens is 1. The first-order valence-corrected chi connectivity index (χ1v) is 5.64. The zero-order valence-corrected chi connectivity index (χ0v) is 8.96. The summed E-state index contributed by atoms with van der Waals surface area (Å²) in [7, 11) is 0. The van der Waals surface area contributed by atoms with E-state index in [0.717, 1.165) is 14.9 Å². The Balaban J connectivity index is 2.76. The fraction of sp³-hybridized carbons (Fsp3) is 0.429. The van der Waals surface area contributed by atoms with Gasteiger partial charge < -0.3 is 0 Å². The monoisotopic (exact) mass is 218 g/mol. The van der Waals surface area contributed by atoms with Crippen LogP contribution in [0.25, 0.3) is 0 Å². The van der Waals surface area contributed by atoms with Crippen LogP contribution in [0.1, 0.15) is 10.6 Å². The summed E-state index contributed by atoms with van der Waals surface area (Å²) in [4.78, 5) is 16.0. The largest absolute Gasteiger partial charge is 0.289 e. The zero-order chi connectivity index (χ0) is 9.84. The van der Waals surface area contributed by atoms with Crippen molar-refractivity contribution in [1.82, 2.24) is 10.5 Å². The number of hydrogen-bond acceptors (Lipinski definition) is 5. The van der Waals surface area contributed by atoms with Crippen molar-refractivity contribution in [2.75, 3.05) is 6.26 Å². The van der Waals surface area contributed by atoms with Crippen LogP contribution in [-0.2, 0) is 11.2 Å². The van der Waals surface area contributed by atoms with Crippen LogP contribution in [0.5, 0.6) is 0 Å².